The van der Waals surface area contributed by atoms with Crippen LogP contribution in [0.5, 0.6) is 0 Å². The molecule has 2 aliphatic rings. The summed E-state index contributed by atoms with van der Waals surface area (Å²) in [5.74, 6) is 0.986. The lowest BCUT2D eigenvalue weighted by Gasteiger charge is -2.35. The van der Waals surface area contributed by atoms with Gasteiger partial charge in [0, 0.05) is 39.0 Å². The Morgan fingerprint density at radius 1 is 1.30 bits per heavy atom. The van der Waals surface area contributed by atoms with E-state index in [0.717, 1.165) is 17.7 Å². The van der Waals surface area contributed by atoms with Crippen molar-refractivity contribution in [2.45, 2.75) is 38.6 Å². The monoisotopic (exact) mass is 397 g/mol. The summed E-state index contributed by atoms with van der Waals surface area (Å²) in [4.78, 5) is 23.3. The Morgan fingerprint density at radius 2 is 2.00 bits per heavy atom. The molecule has 10 heteroatoms. The van der Waals surface area contributed by atoms with Gasteiger partial charge in [0.15, 0.2) is 5.82 Å². The van der Waals surface area contributed by atoms with Crippen LogP contribution in [0.15, 0.2) is 0 Å². The van der Waals surface area contributed by atoms with E-state index in [1.807, 2.05) is 13.8 Å². The number of nitrogens with zero attached hydrogens (tertiary/aromatic N) is 5. The van der Waals surface area contributed by atoms with E-state index in [4.69, 9.17) is 4.74 Å². The van der Waals surface area contributed by atoms with Gasteiger partial charge in [0.1, 0.15) is 5.82 Å². The third-order valence-electron chi connectivity index (χ3n) is 5.39. The van der Waals surface area contributed by atoms with Crippen molar-refractivity contribution in [1.82, 2.24) is 18.6 Å². The summed E-state index contributed by atoms with van der Waals surface area (Å²) in [7, 11) is 1.02. The van der Waals surface area contributed by atoms with E-state index in [1.54, 1.807) is 12.0 Å². The van der Waals surface area contributed by atoms with Crippen LogP contribution in [0.2, 0.25) is 0 Å². The third-order valence-corrected chi connectivity index (χ3v) is 7.46. The van der Waals surface area contributed by atoms with Gasteiger partial charge in [-0.25, -0.2) is 9.97 Å². The first-order chi connectivity index (χ1) is 12.6. The summed E-state index contributed by atoms with van der Waals surface area (Å²) in [6, 6.07) is 0. The first kappa shape index (κ1) is 20.1. The van der Waals surface area contributed by atoms with Gasteiger partial charge in [-0.3, -0.25) is 9.69 Å². The van der Waals surface area contributed by atoms with Crippen molar-refractivity contribution in [3.63, 3.8) is 0 Å². The molecule has 0 spiro atoms. The first-order valence-electron chi connectivity index (χ1n) is 9.00. The van der Waals surface area contributed by atoms with E-state index in [2.05, 4.69) is 9.97 Å². The Kier molecular flexibility index (Phi) is 5.28. The van der Waals surface area contributed by atoms with Gasteiger partial charge in [-0.15, -0.1) is 0 Å². The quantitative estimate of drug-likeness (QED) is 0.691. The Bertz CT molecular complexity index is 857. The highest BCUT2D eigenvalue weighted by atomic mass is 32.2. The number of carbonyl (C=O) groups is 1. The smallest absolute Gasteiger partial charge is 0.282 e. The van der Waals surface area contributed by atoms with Gasteiger partial charge in [-0.05, 0) is 26.7 Å². The van der Waals surface area contributed by atoms with Crippen molar-refractivity contribution in [2.75, 3.05) is 45.8 Å². The fourth-order valence-electron chi connectivity index (χ4n) is 3.76. The molecule has 0 aliphatic carbocycles. The van der Waals surface area contributed by atoms with Crippen molar-refractivity contribution in [3.05, 3.63) is 17.1 Å². The van der Waals surface area contributed by atoms with Gasteiger partial charge < -0.3 is 4.74 Å². The molecule has 0 N–H and O–H groups in total. The number of carbonyl (C=O) groups excluding carboxylic acids is 1. The maximum atomic E-state index is 12.8. The van der Waals surface area contributed by atoms with E-state index < -0.39 is 15.7 Å². The lowest BCUT2D eigenvalue weighted by atomic mass is 9.99. The first-order valence-corrected chi connectivity index (χ1v) is 10.4. The number of aromatic nitrogens is 2. The van der Waals surface area contributed by atoms with Crippen LogP contribution in [0.3, 0.4) is 0 Å². The summed E-state index contributed by atoms with van der Waals surface area (Å²) < 4.78 is 33.4. The lowest BCUT2D eigenvalue weighted by molar-refractivity contribution is -0.117. The highest BCUT2D eigenvalue weighted by Crippen LogP contribution is 2.41. The summed E-state index contributed by atoms with van der Waals surface area (Å²) in [6.07, 6.45) is 1.63. The molecule has 1 aromatic heterocycles. The summed E-state index contributed by atoms with van der Waals surface area (Å²) in [6.45, 7) is 4.94. The Labute approximate surface area is 160 Å². The van der Waals surface area contributed by atoms with E-state index in [-0.39, 0.29) is 12.3 Å². The zero-order valence-electron chi connectivity index (χ0n) is 16.5. The normalized spacial score (nSPS) is 23.5. The molecular weight excluding hydrogens is 370 g/mol. The van der Waals surface area contributed by atoms with Crippen molar-refractivity contribution in [1.29, 1.82) is 0 Å². The molecule has 3 heterocycles. The Balaban J connectivity index is 2.07. The standard InChI is InChI=1S/C17H27N5O4S/c1-12-13-11-14(23)21(9-10-26-5)15(13)19-16(18-12)17(2)7-6-8-22(17)27(24,25)20(3)4/h6-11H2,1-5H3/t17-/m1/s1. The topological polar surface area (TPSA) is 95.9 Å². The number of anilines is 1. The molecule has 9 nitrogen and oxygen atoms in total. The number of methoxy groups -OCH3 is 1. The van der Waals surface area contributed by atoms with Crippen molar-refractivity contribution in [3.8, 4) is 0 Å². The van der Waals surface area contributed by atoms with Crippen LogP contribution in [0, 0.1) is 6.92 Å². The van der Waals surface area contributed by atoms with E-state index in [1.165, 1.54) is 22.7 Å². The van der Waals surface area contributed by atoms with Gasteiger partial charge in [0.05, 0.1) is 25.1 Å². The number of amides is 1. The molecule has 2 aliphatic heterocycles. The minimum atomic E-state index is -3.61. The molecule has 0 radical (unpaired) electrons. The van der Waals surface area contributed by atoms with E-state index in [9.17, 15) is 13.2 Å². The second-order valence-electron chi connectivity index (χ2n) is 7.39. The number of hydrogen-bond donors (Lipinski definition) is 0. The third kappa shape index (κ3) is 3.24. The van der Waals surface area contributed by atoms with E-state index >= 15 is 0 Å². The zero-order chi connectivity index (χ0) is 20.0. The fourth-order valence-corrected chi connectivity index (χ4v) is 5.19. The molecule has 1 saturated heterocycles. The van der Waals surface area contributed by atoms with Gasteiger partial charge in [0.2, 0.25) is 5.91 Å². The van der Waals surface area contributed by atoms with Crippen molar-refractivity contribution >= 4 is 21.9 Å². The molecule has 0 saturated carbocycles. The van der Waals surface area contributed by atoms with Crippen molar-refractivity contribution in [2.24, 2.45) is 0 Å². The van der Waals surface area contributed by atoms with Crippen LogP contribution in [0.1, 0.15) is 36.8 Å². The minimum Gasteiger partial charge on any atom is -0.383 e. The average Bonchev–Trinajstić information content (AvgIpc) is 3.14. The summed E-state index contributed by atoms with van der Waals surface area (Å²) in [5.41, 5.74) is 0.684. The van der Waals surface area contributed by atoms with Crippen LogP contribution in [0.25, 0.3) is 0 Å². The maximum absolute atomic E-state index is 12.8. The number of fused-ring (bicyclic) bond motifs is 1. The molecule has 1 fully saturated rings. The van der Waals surface area contributed by atoms with Crippen LogP contribution < -0.4 is 4.90 Å². The molecule has 0 aromatic carbocycles. The number of hydrogen-bond acceptors (Lipinski definition) is 6. The summed E-state index contributed by atoms with van der Waals surface area (Å²) >= 11 is 0. The number of rotatable bonds is 6. The number of aryl methyl sites for hydroxylation is 1. The van der Waals surface area contributed by atoms with Crippen LogP contribution in [0.4, 0.5) is 5.82 Å². The largest absolute Gasteiger partial charge is 0.383 e. The SMILES string of the molecule is COCCN1C(=O)Cc2c(C)nc([C@@]3(C)CCCN3S(=O)(=O)N(C)C)nc21. The van der Waals surface area contributed by atoms with Gasteiger partial charge in [-0.2, -0.15) is 17.0 Å². The molecule has 1 aromatic rings. The van der Waals surface area contributed by atoms with Gasteiger partial charge in [-0.1, -0.05) is 0 Å². The van der Waals surface area contributed by atoms with Crippen LogP contribution in [-0.4, -0.2) is 73.8 Å². The van der Waals surface area contributed by atoms with Gasteiger partial charge >= 0.3 is 0 Å². The van der Waals surface area contributed by atoms with Gasteiger partial charge in [0.25, 0.3) is 10.2 Å². The molecule has 0 unspecified atom stereocenters. The Morgan fingerprint density at radius 3 is 2.63 bits per heavy atom. The highest BCUT2D eigenvalue weighted by molar-refractivity contribution is 7.86. The molecule has 1 amide bonds. The second kappa shape index (κ2) is 7.08. The molecule has 3 rings (SSSR count). The van der Waals surface area contributed by atoms with Crippen molar-refractivity contribution < 1.29 is 17.9 Å². The zero-order valence-corrected chi connectivity index (χ0v) is 17.3. The Hall–Kier alpha value is -1.62. The average molecular weight is 398 g/mol. The molecular formula is C17H27N5O4S. The molecule has 1 atom stereocenters. The minimum absolute atomic E-state index is 0.0362. The maximum Gasteiger partial charge on any atom is 0.282 e. The fraction of sp³-hybridized carbons (Fsp3) is 0.706. The molecule has 27 heavy (non-hydrogen) atoms. The molecule has 0 bridgehead atoms. The lowest BCUT2D eigenvalue weighted by Crippen LogP contribution is -2.48. The summed E-state index contributed by atoms with van der Waals surface area (Å²) in [5, 5.41) is 0. The molecule has 150 valence electrons. The van der Waals surface area contributed by atoms with E-state index in [0.29, 0.717) is 37.8 Å². The number of ether oxygens (including phenoxy) is 1. The predicted molar refractivity (Wildman–Crippen MR) is 101 cm³/mol. The highest BCUT2D eigenvalue weighted by Gasteiger charge is 2.48. The van der Waals surface area contributed by atoms with Crippen LogP contribution in [-0.2, 0) is 31.7 Å². The predicted octanol–water partition coefficient (Wildman–Crippen LogP) is 0.438. The second-order valence-corrected chi connectivity index (χ2v) is 9.46. The van der Waals surface area contributed by atoms with Crippen LogP contribution >= 0.6 is 0 Å².